The molecule has 0 radical (unpaired) electrons. The zero-order valence-corrected chi connectivity index (χ0v) is 14.9. The van der Waals surface area contributed by atoms with E-state index in [9.17, 15) is 9.59 Å². The van der Waals surface area contributed by atoms with E-state index in [4.69, 9.17) is 16.0 Å². The molecule has 1 unspecified atom stereocenters. The number of carbonyl (C=O) groups is 2. The first kappa shape index (κ1) is 16.5. The Hall–Kier alpha value is -2.93. The van der Waals surface area contributed by atoms with Crippen molar-refractivity contribution in [1.29, 1.82) is 0 Å². The number of anilines is 1. The minimum absolute atomic E-state index is 0.134. The van der Waals surface area contributed by atoms with Gasteiger partial charge in [0, 0.05) is 6.07 Å². The summed E-state index contributed by atoms with van der Waals surface area (Å²) in [5, 5.41) is 4.27. The molecule has 26 heavy (non-hydrogen) atoms. The van der Waals surface area contributed by atoms with Crippen LogP contribution >= 0.6 is 11.3 Å². The molecule has 1 aliphatic carbocycles. The molecule has 132 valence electrons. The number of rotatable bonds is 3. The van der Waals surface area contributed by atoms with E-state index in [1.54, 1.807) is 6.07 Å². The lowest BCUT2D eigenvalue weighted by Gasteiger charge is -2.33. The first-order chi connectivity index (χ1) is 12.4. The molecule has 1 amide bonds. The maximum absolute atomic E-state index is 13.7. The van der Waals surface area contributed by atoms with E-state index in [1.165, 1.54) is 0 Å². The van der Waals surface area contributed by atoms with Crippen LogP contribution in [0.2, 0.25) is 0 Å². The molecule has 6 nitrogen and oxygen atoms in total. The van der Waals surface area contributed by atoms with Crippen molar-refractivity contribution in [2.75, 3.05) is 5.73 Å². The average molecular weight is 367 g/mol. The van der Waals surface area contributed by atoms with Crippen molar-refractivity contribution >= 4 is 28.0 Å². The van der Waals surface area contributed by atoms with Gasteiger partial charge in [0.2, 0.25) is 0 Å². The Kier molecular flexibility index (Phi) is 3.69. The first-order valence-corrected chi connectivity index (χ1v) is 9.02. The highest BCUT2D eigenvalue weighted by atomic mass is 32.1. The number of hydrogen-bond donors (Lipinski definition) is 2. The predicted octanol–water partition coefficient (Wildman–Crippen LogP) is 2.84. The molecule has 1 aliphatic rings. The number of thiophene rings is 1. The number of aryl methyl sites for hydroxylation is 1. The van der Waals surface area contributed by atoms with Crippen LogP contribution in [0.5, 0.6) is 0 Å². The van der Waals surface area contributed by atoms with Crippen molar-refractivity contribution in [3.63, 3.8) is 0 Å². The van der Waals surface area contributed by atoms with Crippen molar-refractivity contribution in [2.24, 2.45) is 5.73 Å². The zero-order valence-electron chi connectivity index (χ0n) is 14.1. The van der Waals surface area contributed by atoms with E-state index in [-0.39, 0.29) is 16.3 Å². The molecule has 1 aromatic carbocycles. The van der Waals surface area contributed by atoms with Crippen LogP contribution in [0.4, 0.5) is 5.00 Å². The molecule has 0 bridgehead atoms. The number of nitrogen functional groups attached to an aromatic ring is 1. The Bertz CT molecular complexity index is 1020. The number of nitrogens with two attached hydrogens (primary N) is 2. The minimum Gasteiger partial charge on any atom is -0.390 e. The van der Waals surface area contributed by atoms with Gasteiger partial charge < -0.3 is 16.0 Å². The van der Waals surface area contributed by atoms with Gasteiger partial charge >= 0.3 is 0 Å². The van der Waals surface area contributed by atoms with Gasteiger partial charge in [-0.3, -0.25) is 9.59 Å². The summed E-state index contributed by atoms with van der Waals surface area (Å²) in [6.45, 7) is 1.82. The lowest BCUT2D eigenvalue weighted by Crippen LogP contribution is -2.40. The van der Waals surface area contributed by atoms with Crippen molar-refractivity contribution in [3.05, 3.63) is 69.4 Å². The van der Waals surface area contributed by atoms with Gasteiger partial charge in [-0.1, -0.05) is 35.5 Å². The topological polar surface area (TPSA) is 112 Å². The molecule has 4 N–H and O–H groups in total. The predicted molar refractivity (Wildman–Crippen MR) is 98.4 cm³/mol. The van der Waals surface area contributed by atoms with E-state index < -0.39 is 11.3 Å². The number of nitrogens with zero attached hydrogens (tertiary/aromatic N) is 1. The first-order valence-electron chi connectivity index (χ1n) is 8.20. The summed E-state index contributed by atoms with van der Waals surface area (Å²) in [4.78, 5) is 25.9. The number of hydrogen-bond acceptors (Lipinski definition) is 6. The van der Waals surface area contributed by atoms with Crippen LogP contribution in [0.15, 0.2) is 40.9 Å². The molecule has 0 saturated heterocycles. The molecule has 3 aromatic rings. The number of benzene rings is 1. The van der Waals surface area contributed by atoms with Crippen LogP contribution in [0.3, 0.4) is 0 Å². The number of Topliss-reactive ketones (excluding diaryl/α,β-unsaturated/α-hetero) is 1. The van der Waals surface area contributed by atoms with E-state index in [0.29, 0.717) is 34.7 Å². The molecule has 1 atom stereocenters. The Morgan fingerprint density at radius 1 is 1.31 bits per heavy atom. The fourth-order valence-corrected chi connectivity index (χ4v) is 4.88. The summed E-state index contributed by atoms with van der Waals surface area (Å²) in [6, 6.07) is 11.3. The van der Waals surface area contributed by atoms with Crippen molar-refractivity contribution in [3.8, 4) is 0 Å². The third kappa shape index (κ3) is 2.20. The van der Waals surface area contributed by atoms with Crippen molar-refractivity contribution < 1.29 is 14.1 Å². The minimum atomic E-state index is -0.984. The average Bonchev–Trinajstić information content (AvgIpc) is 3.20. The fraction of sp³-hybridized carbons (Fsp3) is 0.211. The number of primary amides is 1. The normalized spacial score (nSPS) is 19.3. The van der Waals surface area contributed by atoms with Gasteiger partial charge in [0.1, 0.15) is 5.41 Å². The second-order valence-electron chi connectivity index (χ2n) is 6.45. The van der Waals surface area contributed by atoms with Crippen molar-refractivity contribution in [1.82, 2.24) is 5.16 Å². The summed E-state index contributed by atoms with van der Waals surface area (Å²) in [5.74, 6) is -0.231. The summed E-state index contributed by atoms with van der Waals surface area (Å²) < 4.78 is 5.54. The Morgan fingerprint density at radius 3 is 2.65 bits per heavy atom. The molecular weight excluding hydrogens is 350 g/mol. The van der Waals surface area contributed by atoms with Crippen LogP contribution < -0.4 is 11.5 Å². The quantitative estimate of drug-likeness (QED) is 0.739. The van der Waals surface area contributed by atoms with Crippen LogP contribution in [-0.4, -0.2) is 16.8 Å². The fourth-order valence-electron chi connectivity index (χ4n) is 3.74. The monoisotopic (exact) mass is 367 g/mol. The number of aromatic nitrogens is 1. The Labute approximate surface area is 153 Å². The lowest BCUT2D eigenvalue weighted by atomic mass is 9.66. The highest BCUT2D eigenvalue weighted by Gasteiger charge is 2.50. The molecule has 0 spiro atoms. The van der Waals surface area contributed by atoms with Gasteiger partial charge in [0.05, 0.1) is 21.1 Å². The van der Waals surface area contributed by atoms with Crippen LogP contribution in [0.25, 0.3) is 0 Å². The smallest absolute Gasteiger partial charge is 0.251 e. The Morgan fingerprint density at radius 2 is 2.04 bits per heavy atom. The maximum Gasteiger partial charge on any atom is 0.251 e. The van der Waals surface area contributed by atoms with E-state index in [0.717, 1.165) is 16.9 Å². The number of ketones is 1. The van der Waals surface area contributed by atoms with E-state index in [2.05, 4.69) is 5.16 Å². The summed E-state index contributed by atoms with van der Waals surface area (Å²) in [7, 11) is 0. The number of carbonyl (C=O) groups excluding carboxylic acids is 2. The summed E-state index contributed by atoms with van der Waals surface area (Å²) in [5.41, 5.74) is 12.9. The maximum atomic E-state index is 13.7. The van der Waals surface area contributed by atoms with Gasteiger partial charge in [0.15, 0.2) is 11.5 Å². The largest absolute Gasteiger partial charge is 0.390 e. The summed E-state index contributed by atoms with van der Waals surface area (Å²) >= 11 is 1.12. The standard InChI is InChI=1S/C19H17N3O3S/c1-10-9-13(25-22-10)19(11-5-3-2-4-6-11)8-7-12-14(17(20)24)18(21)26-15(12)16(19)23/h2-6,9H,7-8,21H2,1H3,(H2,20,24). The van der Waals surface area contributed by atoms with E-state index >= 15 is 0 Å². The summed E-state index contributed by atoms with van der Waals surface area (Å²) in [6.07, 6.45) is 0.954. The van der Waals surface area contributed by atoms with E-state index in [1.807, 2.05) is 37.3 Å². The number of amides is 1. The highest BCUT2D eigenvalue weighted by molar-refractivity contribution is 7.18. The third-order valence-electron chi connectivity index (χ3n) is 4.94. The number of fused-ring (bicyclic) bond motifs is 1. The second kappa shape index (κ2) is 5.81. The SMILES string of the molecule is Cc1cc(C2(c3ccccc3)CCc3c(sc(N)c3C(N)=O)C2=O)on1. The van der Waals surface area contributed by atoms with Crippen molar-refractivity contribution in [2.45, 2.75) is 25.2 Å². The van der Waals surface area contributed by atoms with Gasteiger partial charge in [0.25, 0.3) is 5.91 Å². The van der Waals surface area contributed by atoms with Crippen LogP contribution in [0.1, 0.15) is 49.0 Å². The molecule has 2 aromatic heterocycles. The van der Waals surface area contributed by atoms with Gasteiger partial charge in [-0.15, -0.1) is 11.3 Å². The molecule has 4 rings (SSSR count). The molecular formula is C19H17N3O3S. The van der Waals surface area contributed by atoms with Gasteiger partial charge in [-0.05, 0) is 30.9 Å². The molecule has 2 heterocycles. The molecule has 7 heteroatoms. The van der Waals surface area contributed by atoms with Gasteiger partial charge in [-0.2, -0.15) is 0 Å². The molecule has 0 aliphatic heterocycles. The molecule has 0 saturated carbocycles. The highest BCUT2D eigenvalue weighted by Crippen LogP contribution is 2.48. The lowest BCUT2D eigenvalue weighted by molar-refractivity contribution is 0.0873. The van der Waals surface area contributed by atoms with Crippen LogP contribution in [0, 0.1) is 6.92 Å². The third-order valence-corrected chi connectivity index (χ3v) is 6.00. The van der Waals surface area contributed by atoms with Crippen LogP contribution in [-0.2, 0) is 11.8 Å². The Balaban J connectivity index is 1.96. The molecule has 0 fully saturated rings. The second-order valence-corrected chi connectivity index (χ2v) is 7.50. The zero-order chi connectivity index (χ0) is 18.5. The van der Waals surface area contributed by atoms with Gasteiger partial charge in [-0.25, -0.2) is 0 Å².